The van der Waals surface area contributed by atoms with E-state index in [0.717, 1.165) is 18.8 Å². The van der Waals surface area contributed by atoms with Crippen LogP contribution < -0.4 is 4.74 Å². The number of rotatable bonds is 0. The first-order valence-electron chi connectivity index (χ1n) is 5.03. The molecular formula is C12H15BrO. The van der Waals surface area contributed by atoms with Gasteiger partial charge in [0.15, 0.2) is 0 Å². The molecule has 0 amide bonds. The van der Waals surface area contributed by atoms with Crippen LogP contribution in [0.1, 0.15) is 36.0 Å². The predicted octanol–water partition coefficient (Wildman–Crippen LogP) is 3.95. The third-order valence-corrected chi connectivity index (χ3v) is 4.21. The molecule has 2 rings (SSSR count). The zero-order valence-electron chi connectivity index (χ0n) is 8.86. The standard InChI is InChI=1S/C12H15BrO/c1-7-4-5-14-10-6-8(2)12(13)9(3)11(7)10/h6-7H,4-5H2,1-3H3. The minimum atomic E-state index is 0.621. The number of hydrogen-bond donors (Lipinski definition) is 0. The average Bonchev–Trinajstić information content (AvgIpc) is 2.14. The molecule has 1 aliphatic heterocycles. The van der Waals surface area contributed by atoms with Crippen molar-refractivity contribution in [3.8, 4) is 5.75 Å². The fraction of sp³-hybridized carbons (Fsp3) is 0.500. The van der Waals surface area contributed by atoms with Crippen LogP contribution in [0.3, 0.4) is 0 Å². The van der Waals surface area contributed by atoms with Gasteiger partial charge in [0.1, 0.15) is 5.75 Å². The minimum Gasteiger partial charge on any atom is -0.493 e. The summed E-state index contributed by atoms with van der Waals surface area (Å²) in [6, 6.07) is 2.14. The van der Waals surface area contributed by atoms with Crippen molar-refractivity contribution in [3.05, 3.63) is 27.2 Å². The van der Waals surface area contributed by atoms with Crippen molar-refractivity contribution >= 4 is 15.9 Å². The summed E-state index contributed by atoms with van der Waals surface area (Å²) >= 11 is 3.63. The van der Waals surface area contributed by atoms with Crippen molar-refractivity contribution in [2.75, 3.05) is 6.61 Å². The van der Waals surface area contributed by atoms with Crippen molar-refractivity contribution in [2.45, 2.75) is 33.1 Å². The van der Waals surface area contributed by atoms with Crippen LogP contribution in [0.15, 0.2) is 10.5 Å². The molecule has 1 aliphatic rings. The molecule has 1 heterocycles. The maximum Gasteiger partial charge on any atom is 0.123 e. The van der Waals surface area contributed by atoms with E-state index in [1.54, 1.807) is 0 Å². The predicted molar refractivity (Wildman–Crippen MR) is 62.1 cm³/mol. The van der Waals surface area contributed by atoms with Crippen molar-refractivity contribution in [1.29, 1.82) is 0 Å². The Morgan fingerprint density at radius 2 is 2.14 bits per heavy atom. The van der Waals surface area contributed by atoms with Crippen LogP contribution in [0.4, 0.5) is 0 Å². The van der Waals surface area contributed by atoms with E-state index in [-0.39, 0.29) is 0 Å². The summed E-state index contributed by atoms with van der Waals surface area (Å²) in [7, 11) is 0. The van der Waals surface area contributed by atoms with E-state index in [0.29, 0.717) is 5.92 Å². The summed E-state index contributed by atoms with van der Waals surface area (Å²) in [5.41, 5.74) is 3.98. The van der Waals surface area contributed by atoms with Gasteiger partial charge in [-0.2, -0.15) is 0 Å². The fourth-order valence-electron chi connectivity index (χ4n) is 2.16. The molecule has 0 N–H and O–H groups in total. The second kappa shape index (κ2) is 3.58. The molecule has 0 radical (unpaired) electrons. The molecule has 2 heteroatoms. The summed E-state index contributed by atoms with van der Waals surface area (Å²) < 4.78 is 6.92. The topological polar surface area (TPSA) is 9.23 Å². The van der Waals surface area contributed by atoms with Gasteiger partial charge in [0.2, 0.25) is 0 Å². The number of halogens is 1. The molecule has 0 aromatic heterocycles. The summed E-state index contributed by atoms with van der Waals surface area (Å²) in [6.45, 7) is 7.41. The van der Waals surface area contributed by atoms with Gasteiger partial charge in [0.05, 0.1) is 6.61 Å². The van der Waals surface area contributed by atoms with E-state index in [2.05, 4.69) is 42.8 Å². The highest BCUT2D eigenvalue weighted by Crippen LogP contribution is 2.40. The van der Waals surface area contributed by atoms with Gasteiger partial charge in [-0.25, -0.2) is 0 Å². The molecule has 14 heavy (non-hydrogen) atoms. The Bertz CT molecular complexity index is 371. The van der Waals surface area contributed by atoms with Gasteiger partial charge in [-0.1, -0.05) is 22.9 Å². The van der Waals surface area contributed by atoms with Crippen LogP contribution in [-0.2, 0) is 0 Å². The van der Waals surface area contributed by atoms with Gasteiger partial charge in [-0.05, 0) is 43.4 Å². The lowest BCUT2D eigenvalue weighted by Gasteiger charge is -2.26. The highest BCUT2D eigenvalue weighted by molar-refractivity contribution is 9.10. The Kier molecular flexibility index (Phi) is 2.56. The van der Waals surface area contributed by atoms with Crippen molar-refractivity contribution < 1.29 is 4.74 Å². The van der Waals surface area contributed by atoms with Crippen LogP contribution >= 0.6 is 15.9 Å². The second-order valence-electron chi connectivity index (χ2n) is 4.08. The SMILES string of the molecule is Cc1cc2c(c(C)c1Br)C(C)CCO2. The monoisotopic (exact) mass is 254 g/mol. The Labute approximate surface area is 93.6 Å². The van der Waals surface area contributed by atoms with Gasteiger partial charge in [-0.15, -0.1) is 0 Å². The first-order valence-corrected chi connectivity index (χ1v) is 5.83. The lowest BCUT2D eigenvalue weighted by molar-refractivity contribution is 0.271. The average molecular weight is 255 g/mol. The van der Waals surface area contributed by atoms with Crippen molar-refractivity contribution in [1.82, 2.24) is 0 Å². The quantitative estimate of drug-likeness (QED) is 0.682. The van der Waals surface area contributed by atoms with Crippen LogP contribution in [0.2, 0.25) is 0 Å². The summed E-state index contributed by atoms with van der Waals surface area (Å²) in [5, 5.41) is 0. The Morgan fingerprint density at radius 3 is 2.86 bits per heavy atom. The van der Waals surface area contributed by atoms with E-state index in [9.17, 15) is 0 Å². The third-order valence-electron chi connectivity index (χ3n) is 2.99. The van der Waals surface area contributed by atoms with Gasteiger partial charge in [0, 0.05) is 10.0 Å². The molecule has 1 unspecified atom stereocenters. The smallest absolute Gasteiger partial charge is 0.123 e. The largest absolute Gasteiger partial charge is 0.493 e. The molecule has 0 spiro atoms. The van der Waals surface area contributed by atoms with E-state index < -0.39 is 0 Å². The lowest BCUT2D eigenvalue weighted by atomic mass is 9.90. The zero-order valence-corrected chi connectivity index (χ0v) is 10.4. The second-order valence-corrected chi connectivity index (χ2v) is 4.88. The summed E-state index contributed by atoms with van der Waals surface area (Å²) in [4.78, 5) is 0. The number of hydrogen-bond acceptors (Lipinski definition) is 1. The molecule has 0 saturated carbocycles. The van der Waals surface area contributed by atoms with Crippen LogP contribution in [0, 0.1) is 13.8 Å². The van der Waals surface area contributed by atoms with Crippen molar-refractivity contribution in [2.24, 2.45) is 0 Å². The first-order chi connectivity index (χ1) is 6.61. The van der Waals surface area contributed by atoms with Gasteiger partial charge >= 0.3 is 0 Å². The maximum absolute atomic E-state index is 5.69. The fourth-order valence-corrected chi connectivity index (χ4v) is 2.49. The van der Waals surface area contributed by atoms with E-state index >= 15 is 0 Å². The molecule has 0 fully saturated rings. The molecule has 0 bridgehead atoms. The zero-order chi connectivity index (χ0) is 10.3. The van der Waals surface area contributed by atoms with Crippen LogP contribution in [0.5, 0.6) is 5.75 Å². The minimum absolute atomic E-state index is 0.621. The molecule has 1 atom stereocenters. The lowest BCUT2D eigenvalue weighted by Crippen LogP contribution is -2.14. The molecule has 1 nitrogen and oxygen atoms in total. The molecule has 1 aromatic rings. The number of ether oxygens (including phenoxy) is 1. The van der Waals surface area contributed by atoms with Gasteiger partial charge in [0.25, 0.3) is 0 Å². The van der Waals surface area contributed by atoms with Gasteiger partial charge in [-0.3, -0.25) is 0 Å². The van der Waals surface area contributed by atoms with Crippen LogP contribution in [-0.4, -0.2) is 6.61 Å². The molecule has 0 saturated heterocycles. The van der Waals surface area contributed by atoms with Crippen LogP contribution in [0.25, 0.3) is 0 Å². The van der Waals surface area contributed by atoms with Crippen molar-refractivity contribution in [3.63, 3.8) is 0 Å². The number of benzene rings is 1. The number of fused-ring (bicyclic) bond motifs is 1. The molecule has 76 valence electrons. The highest BCUT2D eigenvalue weighted by Gasteiger charge is 2.21. The highest BCUT2D eigenvalue weighted by atomic mass is 79.9. The molecule has 0 aliphatic carbocycles. The van der Waals surface area contributed by atoms with Gasteiger partial charge < -0.3 is 4.74 Å². The third kappa shape index (κ3) is 1.46. The van der Waals surface area contributed by atoms with E-state index in [1.807, 2.05) is 0 Å². The Morgan fingerprint density at radius 1 is 1.43 bits per heavy atom. The van der Waals surface area contributed by atoms with E-state index in [4.69, 9.17) is 4.74 Å². The normalized spacial score (nSPS) is 20.1. The summed E-state index contributed by atoms with van der Waals surface area (Å²) in [5.74, 6) is 1.71. The Hall–Kier alpha value is -0.500. The van der Waals surface area contributed by atoms with E-state index in [1.165, 1.54) is 21.2 Å². The number of aryl methyl sites for hydroxylation is 1. The molecule has 1 aromatic carbocycles. The Balaban J connectivity index is 2.64. The molecular weight excluding hydrogens is 240 g/mol. The summed E-state index contributed by atoms with van der Waals surface area (Å²) in [6.07, 6.45) is 1.13. The maximum atomic E-state index is 5.69. The first kappa shape index (κ1) is 10.0.